The number of nitrogens with zero attached hydrogens (tertiary/aromatic N) is 4. The van der Waals surface area contributed by atoms with Crippen molar-refractivity contribution in [3.05, 3.63) is 121 Å². The van der Waals surface area contributed by atoms with Crippen LogP contribution in [0.3, 0.4) is 0 Å². The van der Waals surface area contributed by atoms with Gasteiger partial charge in [0, 0.05) is 18.7 Å². The number of rotatable bonds is 10. The second-order valence-corrected chi connectivity index (χ2v) is 15.2. The van der Waals surface area contributed by atoms with Crippen LogP contribution < -0.4 is 11.1 Å². The summed E-state index contributed by atoms with van der Waals surface area (Å²) in [5, 5.41) is 13.9. The van der Waals surface area contributed by atoms with Gasteiger partial charge in [0.25, 0.3) is 0 Å². The van der Waals surface area contributed by atoms with Gasteiger partial charge in [-0.05, 0) is 76.8 Å². The molecule has 0 spiro atoms. The van der Waals surface area contributed by atoms with Gasteiger partial charge in [-0.15, -0.1) is 0 Å². The van der Waals surface area contributed by atoms with E-state index in [-0.39, 0.29) is 29.8 Å². The molecular formula is C44H46N8O4. The summed E-state index contributed by atoms with van der Waals surface area (Å²) in [6.07, 6.45) is 5.75. The van der Waals surface area contributed by atoms with Crippen molar-refractivity contribution in [2.45, 2.75) is 63.7 Å². The molecule has 12 heteroatoms. The van der Waals surface area contributed by atoms with Gasteiger partial charge in [-0.2, -0.15) is 0 Å². The minimum absolute atomic E-state index is 0.0848. The van der Waals surface area contributed by atoms with E-state index in [4.69, 9.17) is 10.7 Å². The van der Waals surface area contributed by atoms with Crippen molar-refractivity contribution in [1.29, 1.82) is 0 Å². The zero-order valence-electron chi connectivity index (χ0n) is 31.5. The zero-order chi connectivity index (χ0) is 38.9. The highest BCUT2D eigenvalue weighted by molar-refractivity contribution is 5.91. The third kappa shape index (κ3) is 7.27. The number of carbonyl (C=O) groups is 3. The predicted octanol–water partition coefficient (Wildman–Crippen LogP) is 7.61. The van der Waals surface area contributed by atoms with Gasteiger partial charge in [0.05, 0.1) is 35.9 Å². The number of carbonyl (C=O) groups excluding carboxylic acids is 2. The lowest BCUT2D eigenvalue weighted by Gasteiger charge is -2.29. The molecule has 0 radical (unpaired) electrons. The normalized spacial score (nSPS) is 18.1. The average molecular weight is 751 g/mol. The Morgan fingerprint density at radius 3 is 1.82 bits per heavy atom. The summed E-state index contributed by atoms with van der Waals surface area (Å²) in [7, 11) is 0. The number of hydrogen-bond acceptors (Lipinski definition) is 6. The minimum Gasteiger partial charge on any atom is -0.465 e. The predicted molar refractivity (Wildman–Crippen MR) is 215 cm³/mol. The number of nitrogens with one attached hydrogen (secondary N) is 3. The van der Waals surface area contributed by atoms with Crippen molar-refractivity contribution in [3.8, 4) is 33.6 Å². The van der Waals surface area contributed by atoms with Gasteiger partial charge >= 0.3 is 6.09 Å². The molecule has 4 atom stereocenters. The highest BCUT2D eigenvalue weighted by Gasteiger charge is 2.38. The van der Waals surface area contributed by atoms with E-state index in [1.165, 1.54) is 0 Å². The first-order valence-electron chi connectivity index (χ1n) is 19.3. The molecule has 0 aliphatic carbocycles. The quantitative estimate of drug-likeness (QED) is 0.0959. The number of carboxylic acid groups (broad SMARTS) is 1. The molecule has 6 aromatic rings. The monoisotopic (exact) mass is 750 g/mol. The summed E-state index contributed by atoms with van der Waals surface area (Å²) in [5.41, 5.74) is 13.1. The maximum absolute atomic E-state index is 13.4. The molecule has 6 N–H and O–H groups in total. The molecule has 0 saturated carbocycles. The van der Waals surface area contributed by atoms with Crippen LogP contribution in [0.15, 0.2) is 103 Å². The Balaban J connectivity index is 0.944. The van der Waals surface area contributed by atoms with Crippen molar-refractivity contribution in [3.63, 3.8) is 0 Å². The fourth-order valence-corrected chi connectivity index (χ4v) is 8.18. The van der Waals surface area contributed by atoms with Crippen LogP contribution >= 0.6 is 0 Å². The van der Waals surface area contributed by atoms with Crippen LogP contribution in [0.5, 0.6) is 0 Å². The fraction of sp³-hybridized carbons (Fsp3) is 0.295. The maximum atomic E-state index is 13.4. The van der Waals surface area contributed by atoms with E-state index in [9.17, 15) is 19.5 Å². The first-order valence-corrected chi connectivity index (χ1v) is 19.3. The first kappa shape index (κ1) is 36.7. The molecule has 2 aliphatic rings. The van der Waals surface area contributed by atoms with E-state index in [0.717, 1.165) is 81.5 Å². The molecular weight excluding hydrogens is 705 g/mol. The van der Waals surface area contributed by atoms with Crippen LogP contribution in [0.25, 0.3) is 44.4 Å². The molecule has 3 amide bonds. The number of amides is 3. The van der Waals surface area contributed by atoms with Crippen molar-refractivity contribution in [2.24, 2.45) is 11.7 Å². The number of aromatic nitrogens is 4. The Morgan fingerprint density at radius 2 is 1.23 bits per heavy atom. The van der Waals surface area contributed by atoms with Crippen molar-refractivity contribution >= 4 is 28.7 Å². The van der Waals surface area contributed by atoms with E-state index in [0.29, 0.717) is 18.9 Å². The number of nitrogens with two attached hydrogens (primary N) is 1. The van der Waals surface area contributed by atoms with Crippen LogP contribution in [0, 0.1) is 5.92 Å². The number of hydrogen-bond donors (Lipinski definition) is 5. The molecule has 4 heterocycles. The van der Waals surface area contributed by atoms with Crippen LogP contribution in [0.1, 0.15) is 74.9 Å². The zero-order valence-corrected chi connectivity index (χ0v) is 31.5. The molecule has 2 fully saturated rings. The third-order valence-corrected chi connectivity index (χ3v) is 11.2. The molecule has 0 unspecified atom stereocenters. The number of imidazole rings is 2. The van der Waals surface area contributed by atoms with E-state index < -0.39 is 18.2 Å². The standard InChI is InChI=1S/C44H46N8O4/c1-26(2)39(50-44(55)56)43(54)52-21-7-11-37(52)41-47-25-35(49-41)33-19-18-31-22-30(16-17-32(31)23-33)27-12-14-28(15-13-27)34-24-46-40(48-34)36-10-6-20-51(36)42(53)38(45)29-8-4-3-5-9-29/h3-5,8-9,12-19,22-26,36-39,50H,6-7,10-11,20-21,45H2,1-2H3,(H,46,48)(H,47,49)(H,55,56)/t36-,37-,38+,39-/m0/s1. The Morgan fingerprint density at radius 1 is 0.714 bits per heavy atom. The summed E-state index contributed by atoms with van der Waals surface area (Å²) in [5.74, 6) is 0.989. The van der Waals surface area contributed by atoms with Crippen LogP contribution in [-0.2, 0) is 9.59 Å². The van der Waals surface area contributed by atoms with E-state index in [1.54, 1.807) is 11.1 Å². The molecule has 0 bridgehead atoms. The Hall–Kier alpha value is -6.27. The fourth-order valence-electron chi connectivity index (χ4n) is 8.18. The SMILES string of the molecule is CC(C)[C@H](NC(=O)O)C(=O)N1CCC[C@H]1c1ncc(-c2ccc3cc(-c4ccc(-c5cnc([C@@H]6CCCN6C(=O)[C@H](N)c6ccccc6)[nH]5)cc4)ccc3c2)[nH]1. The van der Waals surface area contributed by atoms with E-state index in [1.807, 2.05) is 55.3 Å². The molecule has 4 aromatic carbocycles. The number of aromatic amines is 2. The Kier molecular flexibility index (Phi) is 10.1. The number of H-pyrrole nitrogens is 2. The Bertz CT molecular complexity index is 2370. The van der Waals surface area contributed by atoms with Gasteiger partial charge in [-0.1, -0.05) is 92.7 Å². The van der Waals surface area contributed by atoms with Gasteiger partial charge in [0.2, 0.25) is 11.8 Å². The van der Waals surface area contributed by atoms with Crippen LogP contribution in [0.2, 0.25) is 0 Å². The molecule has 286 valence electrons. The molecule has 2 saturated heterocycles. The average Bonchev–Trinajstić information content (AvgIpc) is 4.06. The lowest BCUT2D eigenvalue weighted by atomic mass is 9.98. The number of fused-ring (bicyclic) bond motifs is 1. The lowest BCUT2D eigenvalue weighted by Crippen LogP contribution is -2.50. The van der Waals surface area contributed by atoms with Gasteiger partial charge in [-0.3, -0.25) is 9.59 Å². The number of benzene rings is 4. The summed E-state index contributed by atoms with van der Waals surface area (Å²) < 4.78 is 0. The number of likely N-dealkylation sites (tertiary alicyclic amines) is 2. The Labute approximate surface area is 325 Å². The smallest absolute Gasteiger partial charge is 0.405 e. The molecule has 2 aromatic heterocycles. The summed E-state index contributed by atoms with van der Waals surface area (Å²) in [6, 6.07) is 28.7. The van der Waals surface area contributed by atoms with Crippen molar-refractivity contribution in [2.75, 3.05) is 13.1 Å². The van der Waals surface area contributed by atoms with E-state index >= 15 is 0 Å². The van der Waals surface area contributed by atoms with Gasteiger partial charge in [0.15, 0.2) is 0 Å². The minimum atomic E-state index is -1.21. The van der Waals surface area contributed by atoms with Crippen molar-refractivity contribution in [1.82, 2.24) is 35.1 Å². The van der Waals surface area contributed by atoms with Gasteiger partial charge in [0.1, 0.15) is 23.7 Å². The summed E-state index contributed by atoms with van der Waals surface area (Å²) in [4.78, 5) is 58.1. The molecule has 2 aliphatic heterocycles. The third-order valence-electron chi connectivity index (χ3n) is 11.2. The maximum Gasteiger partial charge on any atom is 0.405 e. The summed E-state index contributed by atoms with van der Waals surface area (Å²) >= 11 is 0. The lowest BCUT2D eigenvalue weighted by molar-refractivity contribution is -0.135. The highest BCUT2D eigenvalue weighted by Crippen LogP contribution is 2.36. The summed E-state index contributed by atoms with van der Waals surface area (Å²) in [6.45, 7) is 4.89. The van der Waals surface area contributed by atoms with Crippen LogP contribution in [0.4, 0.5) is 4.79 Å². The van der Waals surface area contributed by atoms with Crippen LogP contribution in [-0.4, -0.2) is 71.9 Å². The van der Waals surface area contributed by atoms with E-state index in [2.05, 4.69) is 80.9 Å². The highest BCUT2D eigenvalue weighted by atomic mass is 16.4. The van der Waals surface area contributed by atoms with Crippen molar-refractivity contribution < 1.29 is 19.5 Å². The molecule has 56 heavy (non-hydrogen) atoms. The molecule has 12 nitrogen and oxygen atoms in total. The largest absolute Gasteiger partial charge is 0.465 e. The van der Waals surface area contributed by atoms with Gasteiger partial charge < -0.3 is 35.9 Å². The topological polar surface area (TPSA) is 173 Å². The second kappa shape index (κ2) is 15.5. The van der Waals surface area contributed by atoms with Gasteiger partial charge in [-0.25, -0.2) is 14.8 Å². The first-order chi connectivity index (χ1) is 27.1. The second-order valence-electron chi connectivity index (χ2n) is 15.2. The molecule has 8 rings (SSSR count).